The minimum atomic E-state index is -5.08. The van der Waals surface area contributed by atoms with Gasteiger partial charge in [0.2, 0.25) is 5.95 Å². The molecule has 0 bridgehead atoms. The molecule has 3 heterocycles. The maximum atomic E-state index is 10.6. The number of imidazole rings is 1. The van der Waals surface area contributed by atoms with Gasteiger partial charge in [0, 0.05) is 25.7 Å². The fourth-order valence-electron chi connectivity index (χ4n) is 2.36. The molecule has 0 aliphatic carbocycles. The maximum absolute atomic E-state index is 10.6. The first-order valence-corrected chi connectivity index (χ1v) is 9.83. The molecule has 35 heavy (non-hydrogen) atoms. The first kappa shape index (κ1) is 29.4. The summed E-state index contributed by atoms with van der Waals surface area (Å²) in [5, 5.41) is 17.6. The van der Waals surface area contributed by atoms with Gasteiger partial charge in [-0.2, -0.15) is 31.3 Å². The number of hydrogen-bond donors (Lipinski definition) is 4. The molecular formula is C19H24F6N6O4. The lowest BCUT2D eigenvalue weighted by atomic mass is 9.97. The summed E-state index contributed by atoms with van der Waals surface area (Å²) in [6.45, 7) is 9.18. The van der Waals surface area contributed by atoms with E-state index < -0.39 is 24.3 Å². The Morgan fingerprint density at radius 2 is 1.60 bits per heavy atom. The summed E-state index contributed by atoms with van der Waals surface area (Å²) < 4.78 is 63.5. The van der Waals surface area contributed by atoms with Gasteiger partial charge in [0.15, 0.2) is 0 Å². The lowest BCUT2D eigenvalue weighted by molar-refractivity contribution is -0.193. The molecule has 0 spiro atoms. The highest BCUT2D eigenvalue weighted by atomic mass is 19.4. The van der Waals surface area contributed by atoms with E-state index in [-0.39, 0.29) is 5.41 Å². The van der Waals surface area contributed by atoms with Gasteiger partial charge in [-0.1, -0.05) is 20.8 Å². The third-order valence-electron chi connectivity index (χ3n) is 4.00. The van der Waals surface area contributed by atoms with Crippen molar-refractivity contribution in [2.24, 2.45) is 5.41 Å². The molecule has 0 unspecified atom stereocenters. The summed E-state index contributed by atoms with van der Waals surface area (Å²) in [5.74, 6) is -3.86. The second kappa shape index (κ2) is 11.7. The Bertz CT molecular complexity index is 963. The van der Waals surface area contributed by atoms with Gasteiger partial charge in [-0.25, -0.2) is 19.6 Å². The van der Waals surface area contributed by atoms with E-state index in [1.807, 2.05) is 12.3 Å². The van der Waals surface area contributed by atoms with Crippen LogP contribution < -0.4 is 10.2 Å². The molecule has 0 amide bonds. The molecule has 1 aliphatic heterocycles. The summed E-state index contributed by atoms with van der Waals surface area (Å²) >= 11 is 0. The molecule has 4 N–H and O–H groups in total. The normalized spacial score (nSPS) is 13.5. The molecule has 0 fully saturated rings. The van der Waals surface area contributed by atoms with E-state index in [1.165, 1.54) is 11.4 Å². The number of aromatic amines is 1. The highest BCUT2D eigenvalue weighted by molar-refractivity contribution is 5.73. The molecule has 0 atom stereocenters. The van der Waals surface area contributed by atoms with Crippen LogP contribution in [0, 0.1) is 5.41 Å². The van der Waals surface area contributed by atoms with Crippen LogP contribution in [0.4, 0.5) is 38.1 Å². The first-order valence-electron chi connectivity index (χ1n) is 9.83. The predicted octanol–water partition coefficient (Wildman–Crippen LogP) is 3.49. The number of nitrogens with zero attached hydrogens (tertiary/aromatic N) is 4. The lowest BCUT2D eigenvalue weighted by Crippen LogP contribution is -2.31. The fourth-order valence-corrected chi connectivity index (χ4v) is 2.36. The third kappa shape index (κ3) is 10.9. The van der Waals surface area contributed by atoms with Gasteiger partial charge < -0.3 is 25.4 Å². The van der Waals surface area contributed by atoms with Crippen molar-refractivity contribution in [2.75, 3.05) is 23.3 Å². The molecule has 0 aromatic carbocycles. The maximum Gasteiger partial charge on any atom is 0.490 e. The molecule has 2 aromatic heterocycles. The molecule has 16 heteroatoms. The monoisotopic (exact) mass is 514 g/mol. The van der Waals surface area contributed by atoms with Crippen LogP contribution in [0.25, 0.3) is 0 Å². The SMILES string of the molecule is CC(C)(C)CNc1nccc(N2CCc3nc[nH]c3C2)n1.O=C(O)C(F)(F)F.O=C(O)C(F)(F)F. The Morgan fingerprint density at radius 1 is 1.06 bits per heavy atom. The third-order valence-corrected chi connectivity index (χ3v) is 4.00. The van der Waals surface area contributed by atoms with Crippen molar-refractivity contribution in [2.45, 2.75) is 46.1 Å². The van der Waals surface area contributed by atoms with Gasteiger partial charge >= 0.3 is 24.3 Å². The minimum Gasteiger partial charge on any atom is -0.475 e. The quantitative estimate of drug-likeness (QED) is 0.453. The number of nitrogens with one attached hydrogen (secondary N) is 2. The zero-order chi connectivity index (χ0) is 27.0. The number of hydrogen-bond acceptors (Lipinski definition) is 7. The van der Waals surface area contributed by atoms with Crippen LogP contribution in [0.15, 0.2) is 18.6 Å². The van der Waals surface area contributed by atoms with Crippen molar-refractivity contribution < 1.29 is 46.1 Å². The van der Waals surface area contributed by atoms with E-state index in [2.05, 4.69) is 50.9 Å². The number of carbonyl (C=O) groups is 2. The van der Waals surface area contributed by atoms with Crippen LogP contribution in [-0.2, 0) is 22.6 Å². The van der Waals surface area contributed by atoms with Crippen LogP contribution >= 0.6 is 0 Å². The number of H-pyrrole nitrogens is 1. The summed E-state index contributed by atoms with van der Waals surface area (Å²) in [7, 11) is 0. The average Bonchev–Trinajstić information content (AvgIpc) is 3.19. The summed E-state index contributed by atoms with van der Waals surface area (Å²) in [6.07, 6.45) is -5.63. The van der Waals surface area contributed by atoms with E-state index in [1.54, 1.807) is 6.33 Å². The van der Waals surface area contributed by atoms with Crippen molar-refractivity contribution >= 4 is 23.7 Å². The molecule has 0 saturated heterocycles. The summed E-state index contributed by atoms with van der Waals surface area (Å²) in [5.41, 5.74) is 2.56. The van der Waals surface area contributed by atoms with E-state index >= 15 is 0 Å². The highest BCUT2D eigenvalue weighted by Crippen LogP contribution is 2.22. The molecule has 0 saturated carbocycles. The molecule has 2 aromatic rings. The van der Waals surface area contributed by atoms with Gasteiger partial charge in [0.1, 0.15) is 5.82 Å². The molecular weight excluding hydrogens is 490 g/mol. The van der Waals surface area contributed by atoms with Crippen LogP contribution in [0.5, 0.6) is 0 Å². The standard InChI is InChI=1S/C15H22N6.2C2HF3O2/c1-15(2,3)9-17-14-16-6-4-13(20-14)21-7-5-11-12(8-21)19-10-18-11;2*3-2(4,5)1(6)7/h4,6,10H,5,7-9H2,1-3H3,(H,18,19)(H,16,17,20);2*(H,6,7). The minimum absolute atomic E-state index is 0.204. The Hall–Kier alpha value is -3.59. The number of rotatable bonds is 3. The molecule has 10 nitrogen and oxygen atoms in total. The molecule has 0 radical (unpaired) electrons. The summed E-state index contributed by atoms with van der Waals surface area (Å²) in [6, 6.07) is 1.96. The number of halogens is 6. The van der Waals surface area contributed by atoms with Crippen molar-refractivity contribution in [3.05, 3.63) is 30.0 Å². The van der Waals surface area contributed by atoms with Crippen molar-refractivity contribution in [1.29, 1.82) is 0 Å². The largest absolute Gasteiger partial charge is 0.490 e. The Morgan fingerprint density at radius 3 is 2.09 bits per heavy atom. The second-order valence-electron chi connectivity index (χ2n) is 8.26. The Labute approximate surface area is 195 Å². The van der Waals surface area contributed by atoms with Gasteiger partial charge in [-0.3, -0.25) is 0 Å². The van der Waals surface area contributed by atoms with E-state index in [0.29, 0.717) is 5.95 Å². The van der Waals surface area contributed by atoms with E-state index in [9.17, 15) is 26.3 Å². The number of alkyl halides is 6. The topological polar surface area (TPSA) is 144 Å². The van der Waals surface area contributed by atoms with Crippen LogP contribution in [0.3, 0.4) is 0 Å². The number of carboxylic acid groups (broad SMARTS) is 2. The number of carboxylic acids is 2. The molecule has 196 valence electrons. The number of aliphatic carboxylic acids is 2. The average molecular weight is 514 g/mol. The second-order valence-corrected chi connectivity index (χ2v) is 8.26. The van der Waals surface area contributed by atoms with Crippen molar-refractivity contribution in [3.8, 4) is 0 Å². The highest BCUT2D eigenvalue weighted by Gasteiger charge is 2.38. The molecule has 3 rings (SSSR count). The van der Waals surface area contributed by atoms with Gasteiger partial charge in [0.05, 0.1) is 24.3 Å². The zero-order valence-corrected chi connectivity index (χ0v) is 18.8. The zero-order valence-electron chi connectivity index (χ0n) is 18.8. The van der Waals surface area contributed by atoms with Crippen LogP contribution in [0.2, 0.25) is 0 Å². The van der Waals surface area contributed by atoms with Crippen molar-refractivity contribution in [3.63, 3.8) is 0 Å². The Kier molecular flexibility index (Phi) is 9.84. The summed E-state index contributed by atoms with van der Waals surface area (Å²) in [4.78, 5) is 36.5. The number of aromatic nitrogens is 4. The van der Waals surface area contributed by atoms with E-state index in [4.69, 9.17) is 19.8 Å². The van der Waals surface area contributed by atoms with Crippen LogP contribution in [-0.4, -0.2) is 67.5 Å². The molecule has 1 aliphatic rings. The predicted molar refractivity (Wildman–Crippen MR) is 111 cm³/mol. The smallest absolute Gasteiger partial charge is 0.475 e. The van der Waals surface area contributed by atoms with Crippen molar-refractivity contribution in [1.82, 2.24) is 19.9 Å². The number of anilines is 2. The number of fused-ring (bicyclic) bond motifs is 1. The van der Waals surface area contributed by atoms with Gasteiger partial charge in [0.25, 0.3) is 0 Å². The lowest BCUT2D eigenvalue weighted by Gasteiger charge is -2.27. The van der Waals surface area contributed by atoms with Gasteiger partial charge in [-0.05, 0) is 11.5 Å². The fraction of sp³-hybridized carbons (Fsp3) is 0.526. The Balaban J connectivity index is 0.000000362. The van der Waals surface area contributed by atoms with E-state index in [0.717, 1.165) is 31.9 Å². The van der Waals surface area contributed by atoms with Gasteiger partial charge in [-0.15, -0.1) is 0 Å². The first-order chi connectivity index (χ1) is 15.9. The van der Waals surface area contributed by atoms with Crippen LogP contribution in [0.1, 0.15) is 32.2 Å².